The Balaban J connectivity index is 2.05. The molecule has 0 aliphatic rings. The van der Waals surface area contributed by atoms with Crippen LogP contribution < -0.4 is 5.32 Å². The van der Waals surface area contributed by atoms with Gasteiger partial charge < -0.3 is 10.4 Å². The van der Waals surface area contributed by atoms with Crippen LogP contribution in [0.3, 0.4) is 0 Å². The standard InChI is InChI=1S/C16H14F3NO2/c17-16(18,19)13-5-3-12(4-6-13)15(22)20-14-7-1-11(2-8-14)9-10-21/h1-8,21H,9-10H2,(H,20,22). The van der Waals surface area contributed by atoms with E-state index in [1.54, 1.807) is 24.3 Å². The highest BCUT2D eigenvalue weighted by Gasteiger charge is 2.30. The average molecular weight is 309 g/mol. The Hall–Kier alpha value is -2.34. The Kier molecular flexibility index (Phi) is 4.82. The van der Waals surface area contributed by atoms with Crippen molar-refractivity contribution < 1.29 is 23.1 Å². The normalized spacial score (nSPS) is 11.3. The van der Waals surface area contributed by atoms with Crippen molar-refractivity contribution in [1.82, 2.24) is 0 Å². The monoisotopic (exact) mass is 309 g/mol. The van der Waals surface area contributed by atoms with E-state index in [0.29, 0.717) is 12.1 Å². The van der Waals surface area contributed by atoms with Gasteiger partial charge in [0.15, 0.2) is 0 Å². The van der Waals surface area contributed by atoms with Gasteiger partial charge in [-0.2, -0.15) is 13.2 Å². The first-order valence-corrected chi connectivity index (χ1v) is 6.58. The van der Waals surface area contributed by atoms with E-state index >= 15 is 0 Å². The molecule has 2 rings (SSSR count). The maximum absolute atomic E-state index is 12.4. The third kappa shape index (κ3) is 4.08. The summed E-state index contributed by atoms with van der Waals surface area (Å²) < 4.78 is 37.3. The lowest BCUT2D eigenvalue weighted by atomic mass is 10.1. The van der Waals surface area contributed by atoms with E-state index in [1.807, 2.05) is 0 Å². The summed E-state index contributed by atoms with van der Waals surface area (Å²) in [5.74, 6) is -0.483. The van der Waals surface area contributed by atoms with Crippen LogP contribution >= 0.6 is 0 Å². The summed E-state index contributed by atoms with van der Waals surface area (Å²) in [5.41, 5.74) is 0.812. The molecule has 0 heterocycles. The summed E-state index contributed by atoms with van der Waals surface area (Å²) in [6, 6.07) is 10.9. The van der Waals surface area contributed by atoms with Crippen LogP contribution in [-0.4, -0.2) is 17.6 Å². The van der Waals surface area contributed by atoms with Gasteiger partial charge in [-0.05, 0) is 48.4 Å². The Labute approximate surface area is 125 Å². The lowest BCUT2D eigenvalue weighted by molar-refractivity contribution is -0.137. The van der Waals surface area contributed by atoms with Crippen LogP contribution in [-0.2, 0) is 12.6 Å². The van der Waals surface area contributed by atoms with Crippen molar-refractivity contribution in [1.29, 1.82) is 0 Å². The quantitative estimate of drug-likeness (QED) is 0.908. The van der Waals surface area contributed by atoms with Crippen molar-refractivity contribution in [2.24, 2.45) is 0 Å². The van der Waals surface area contributed by atoms with Crippen LogP contribution in [0.2, 0.25) is 0 Å². The van der Waals surface area contributed by atoms with Crippen LogP contribution in [0.25, 0.3) is 0 Å². The SMILES string of the molecule is O=C(Nc1ccc(CCO)cc1)c1ccc(C(F)(F)F)cc1. The molecule has 0 bridgehead atoms. The van der Waals surface area contributed by atoms with Crippen molar-refractivity contribution in [3.63, 3.8) is 0 Å². The van der Waals surface area contributed by atoms with Gasteiger partial charge in [-0.3, -0.25) is 4.79 Å². The lowest BCUT2D eigenvalue weighted by Crippen LogP contribution is -2.12. The van der Waals surface area contributed by atoms with E-state index in [9.17, 15) is 18.0 Å². The van der Waals surface area contributed by atoms with Gasteiger partial charge in [0.05, 0.1) is 5.56 Å². The van der Waals surface area contributed by atoms with Crippen molar-refractivity contribution in [2.45, 2.75) is 12.6 Å². The molecular formula is C16H14F3NO2. The number of carbonyl (C=O) groups is 1. The molecule has 3 nitrogen and oxygen atoms in total. The zero-order valence-corrected chi connectivity index (χ0v) is 11.5. The second-order valence-corrected chi connectivity index (χ2v) is 4.70. The molecule has 2 aromatic rings. The number of alkyl halides is 3. The third-order valence-electron chi connectivity index (χ3n) is 3.09. The van der Waals surface area contributed by atoms with Gasteiger partial charge in [-0.1, -0.05) is 12.1 Å². The minimum atomic E-state index is -4.42. The minimum absolute atomic E-state index is 0.0389. The van der Waals surface area contributed by atoms with Crippen molar-refractivity contribution in [3.05, 3.63) is 65.2 Å². The highest BCUT2D eigenvalue weighted by molar-refractivity contribution is 6.04. The number of aliphatic hydroxyl groups excluding tert-OH is 1. The zero-order valence-electron chi connectivity index (χ0n) is 11.5. The molecule has 0 spiro atoms. The molecule has 2 aromatic carbocycles. The maximum Gasteiger partial charge on any atom is 0.416 e. The summed E-state index contributed by atoms with van der Waals surface area (Å²) in [4.78, 5) is 12.0. The number of amides is 1. The summed E-state index contributed by atoms with van der Waals surface area (Å²) in [6.45, 7) is 0.0389. The van der Waals surface area contributed by atoms with Gasteiger partial charge in [0.2, 0.25) is 0 Å². The van der Waals surface area contributed by atoms with Crippen molar-refractivity contribution in [2.75, 3.05) is 11.9 Å². The van der Waals surface area contributed by atoms with Crippen molar-refractivity contribution in [3.8, 4) is 0 Å². The Morgan fingerprint density at radius 2 is 1.59 bits per heavy atom. The summed E-state index contributed by atoms with van der Waals surface area (Å²) in [7, 11) is 0. The zero-order chi connectivity index (χ0) is 16.2. The Bertz CT molecular complexity index is 634. The van der Waals surface area contributed by atoms with E-state index in [1.165, 1.54) is 0 Å². The molecule has 0 atom stereocenters. The summed E-state index contributed by atoms with van der Waals surface area (Å²) in [6.07, 6.45) is -3.90. The fourth-order valence-corrected chi connectivity index (χ4v) is 1.90. The summed E-state index contributed by atoms with van der Waals surface area (Å²) in [5, 5.41) is 11.4. The fraction of sp³-hybridized carbons (Fsp3) is 0.188. The first-order chi connectivity index (χ1) is 10.4. The molecule has 0 fully saturated rings. The van der Waals surface area contributed by atoms with E-state index in [2.05, 4.69) is 5.32 Å². The molecule has 0 saturated heterocycles. The number of carbonyl (C=O) groups excluding carboxylic acids is 1. The third-order valence-corrected chi connectivity index (χ3v) is 3.09. The van der Waals surface area contributed by atoms with Crippen LogP contribution in [0.15, 0.2) is 48.5 Å². The summed E-state index contributed by atoms with van der Waals surface area (Å²) >= 11 is 0. The Morgan fingerprint density at radius 1 is 1.00 bits per heavy atom. The van der Waals surface area contributed by atoms with E-state index < -0.39 is 17.6 Å². The fourth-order valence-electron chi connectivity index (χ4n) is 1.90. The topological polar surface area (TPSA) is 49.3 Å². The van der Waals surface area contributed by atoms with Gasteiger partial charge in [-0.15, -0.1) is 0 Å². The molecule has 116 valence electrons. The van der Waals surface area contributed by atoms with Gasteiger partial charge in [0.1, 0.15) is 0 Å². The molecule has 0 aromatic heterocycles. The van der Waals surface area contributed by atoms with Gasteiger partial charge in [0.25, 0.3) is 5.91 Å². The largest absolute Gasteiger partial charge is 0.416 e. The molecule has 22 heavy (non-hydrogen) atoms. The maximum atomic E-state index is 12.4. The molecule has 0 aliphatic heterocycles. The Morgan fingerprint density at radius 3 is 2.09 bits per heavy atom. The first-order valence-electron chi connectivity index (χ1n) is 6.58. The predicted octanol–water partition coefficient (Wildman–Crippen LogP) is 3.49. The van der Waals surface area contributed by atoms with E-state index in [0.717, 1.165) is 29.8 Å². The number of hydrogen-bond acceptors (Lipinski definition) is 2. The number of rotatable bonds is 4. The smallest absolute Gasteiger partial charge is 0.396 e. The molecule has 2 N–H and O–H groups in total. The number of aliphatic hydroxyl groups is 1. The van der Waals surface area contributed by atoms with Crippen LogP contribution in [0.5, 0.6) is 0 Å². The first kappa shape index (κ1) is 16.0. The average Bonchev–Trinajstić information content (AvgIpc) is 2.49. The van der Waals surface area contributed by atoms with Gasteiger partial charge in [-0.25, -0.2) is 0 Å². The number of anilines is 1. The van der Waals surface area contributed by atoms with Crippen molar-refractivity contribution >= 4 is 11.6 Å². The van der Waals surface area contributed by atoms with Crippen LogP contribution in [0.1, 0.15) is 21.5 Å². The minimum Gasteiger partial charge on any atom is -0.396 e. The number of benzene rings is 2. The molecule has 0 aliphatic carbocycles. The van der Waals surface area contributed by atoms with Crippen LogP contribution in [0, 0.1) is 0 Å². The molecule has 6 heteroatoms. The highest BCUT2D eigenvalue weighted by atomic mass is 19.4. The van der Waals surface area contributed by atoms with E-state index in [-0.39, 0.29) is 12.2 Å². The second-order valence-electron chi connectivity index (χ2n) is 4.70. The van der Waals surface area contributed by atoms with Crippen LogP contribution in [0.4, 0.5) is 18.9 Å². The number of nitrogens with one attached hydrogen (secondary N) is 1. The molecule has 0 saturated carbocycles. The second kappa shape index (κ2) is 6.62. The molecule has 0 unspecified atom stereocenters. The van der Waals surface area contributed by atoms with Gasteiger partial charge in [0, 0.05) is 17.9 Å². The lowest BCUT2D eigenvalue weighted by Gasteiger charge is -2.09. The molecular weight excluding hydrogens is 295 g/mol. The number of hydrogen-bond donors (Lipinski definition) is 2. The highest BCUT2D eigenvalue weighted by Crippen LogP contribution is 2.29. The van der Waals surface area contributed by atoms with E-state index in [4.69, 9.17) is 5.11 Å². The molecule has 0 radical (unpaired) electrons. The number of halogens is 3. The predicted molar refractivity (Wildman–Crippen MR) is 76.6 cm³/mol. The molecule has 1 amide bonds. The van der Waals surface area contributed by atoms with Gasteiger partial charge >= 0.3 is 6.18 Å².